The molecule has 0 saturated heterocycles. The lowest BCUT2D eigenvalue weighted by Crippen LogP contribution is -2.28. The van der Waals surface area contributed by atoms with Gasteiger partial charge in [-0.3, -0.25) is 9.48 Å². The Kier molecular flexibility index (Phi) is 2.85. The minimum Gasteiger partial charge on any atom is -0.423 e. The van der Waals surface area contributed by atoms with Crippen molar-refractivity contribution in [3.63, 3.8) is 0 Å². The van der Waals surface area contributed by atoms with Crippen LogP contribution >= 0.6 is 0 Å². The van der Waals surface area contributed by atoms with Crippen LogP contribution in [0.1, 0.15) is 16.1 Å². The number of aromatic nitrogens is 2. The Balaban J connectivity index is 1.81. The number of nitrogens with zero attached hydrogens (tertiary/aromatic N) is 2. The molecule has 2 heterocycles. The van der Waals surface area contributed by atoms with E-state index >= 15 is 0 Å². The van der Waals surface area contributed by atoms with Gasteiger partial charge in [-0.1, -0.05) is 6.07 Å². The van der Waals surface area contributed by atoms with Crippen LogP contribution in [-0.4, -0.2) is 27.8 Å². The molecule has 1 aromatic carbocycles. The minimum absolute atomic E-state index is 0.283. The third-order valence-electron chi connectivity index (χ3n) is 3.01. The van der Waals surface area contributed by atoms with Gasteiger partial charge in [-0.15, -0.1) is 0 Å². The van der Waals surface area contributed by atoms with Gasteiger partial charge < -0.3 is 15.0 Å². The fourth-order valence-electron chi connectivity index (χ4n) is 2.02. The predicted octanol–water partition coefficient (Wildman–Crippen LogP) is -0.110. The summed E-state index contributed by atoms with van der Waals surface area (Å²) in [4.78, 5) is 11.9. The second kappa shape index (κ2) is 4.53. The van der Waals surface area contributed by atoms with Crippen molar-refractivity contribution < 1.29 is 14.5 Å². The number of aryl methyl sites for hydroxylation is 1. The lowest BCUT2D eigenvalue weighted by atomic mass is 9.79. The molecule has 0 bridgehead atoms. The van der Waals surface area contributed by atoms with E-state index in [4.69, 9.17) is 4.65 Å². The fraction of sp³-hybridized carbons (Fsp3) is 0.167. The van der Waals surface area contributed by atoms with E-state index in [-0.39, 0.29) is 5.91 Å². The number of hydrogen-bond acceptors (Lipinski definition) is 4. The average molecular weight is 257 g/mol. The number of hydrogen-bond donors (Lipinski definition) is 2. The van der Waals surface area contributed by atoms with Crippen molar-refractivity contribution in [2.75, 3.05) is 5.32 Å². The van der Waals surface area contributed by atoms with Crippen molar-refractivity contribution in [2.45, 2.75) is 6.61 Å². The van der Waals surface area contributed by atoms with E-state index in [0.717, 1.165) is 5.56 Å². The molecule has 3 rings (SSSR count). The normalized spacial score (nSPS) is 13.5. The number of anilines is 1. The summed E-state index contributed by atoms with van der Waals surface area (Å²) in [5.74, 6) is -0.283. The maximum absolute atomic E-state index is 11.9. The first kappa shape index (κ1) is 11.9. The second-order valence-corrected chi connectivity index (χ2v) is 4.41. The molecule has 0 spiro atoms. The highest BCUT2D eigenvalue weighted by atomic mass is 16.5. The van der Waals surface area contributed by atoms with E-state index in [1.807, 2.05) is 6.07 Å². The Hall–Kier alpha value is -2.12. The minimum atomic E-state index is -0.915. The lowest BCUT2D eigenvalue weighted by molar-refractivity contribution is 0.102. The molecule has 0 atom stereocenters. The maximum atomic E-state index is 11.9. The molecule has 2 aromatic rings. The Labute approximate surface area is 110 Å². The summed E-state index contributed by atoms with van der Waals surface area (Å²) in [6, 6.07) is 6.97. The lowest BCUT2D eigenvalue weighted by Gasteiger charge is -2.05. The third-order valence-corrected chi connectivity index (χ3v) is 3.01. The van der Waals surface area contributed by atoms with Gasteiger partial charge in [0.25, 0.3) is 5.91 Å². The zero-order valence-electron chi connectivity index (χ0n) is 10.3. The Bertz CT molecular complexity index is 641. The summed E-state index contributed by atoms with van der Waals surface area (Å²) in [7, 11) is 0.835. The monoisotopic (exact) mass is 257 g/mol. The van der Waals surface area contributed by atoms with E-state index in [1.54, 1.807) is 36.1 Å². The highest BCUT2D eigenvalue weighted by Gasteiger charge is 2.27. The van der Waals surface area contributed by atoms with Crippen molar-refractivity contribution >= 4 is 24.2 Å². The van der Waals surface area contributed by atoms with Crippen LogP contribution in [0.25, 0.3) is 0 Å². The quantitative estimate of drug-likeness (QED) is 0.736. The summed E-state index contributed by atoms with van der Waals surface area (Å²) in [5, 5.41) is 16.4. The molecular weight excluding hydrogens is 245 g/mol. The number of nitrogens with one attached hydrogen (secondary N) is 1. The van der Waals surface area contributed by atoms with Gasteiger partial charge in [0.05, 0.1) is 6.61 Å². The Morgan fingerprint density at radius 3 is 3.11 bits per heavy atom. The van der Waals surface area contributed by atoms with Gasteiger partial charge >= 0.3 is 7.12 Å². The number of carbonyl (C=O) groups is 1. The molecule has 1 amide bonds. The van der Waals surface area contributed by atoms with Gasteiger partial charge in [-0.25, -0.2) is 0 Å². The van der Waals surface area contributed by atoms with Gasteiger partial charge in [-0.05, 0) is 29.2 Å². The summed E-state index contributed by atoms with van der Waals surface area (Å²) < 4.78 is 6.66. The predicted molar refractivity (Wildman–Crippen MR) is 70.0 cm³/mol. The largest absolute Gasteiger partial charge is 0.491 e. The van der Waals surface area contributed by atoms with Gasteiger partial charge in [0.1, 0.15) is 0 Å². The van der Waals surface area contributed by atoms with Crippen LogP contribution in [0.5, 0.6) is 0 Å². The molecule has 7 heteroatoms. The van der Waals surface area contributed by atoms with Crippen molar-refractivity contribution in [3.05, 3.63) is 41.7 Å². The van der Waals surface area contributed by atoms with Crippen LogP contribution in [0.4, 0.5) is 5.69 Å². The maximum Gasteiger partial charge on any atom is 0.491 e. The number of carbonyl (C=O) groups excluding carboxylic acids is 1. The van der Waals surface area contributed by atoms with Crippen molar-refractivity contribution in [1.29, 1.82) is 0 Å². The molecule has 0 radical (unpaired) electrons. The molecule has 1 aliphatic rings. The molecule has 0 saturated carbocycles. The summed E-state index contributed by atoms with van der Waals surface area (Å²) in [6.45, 7) is 0.394. The number of rotatable bonds is 2. The van der Waals surface area contributed by atoms with Crippen molar-refractivity contribution in [2.24, 2.45) is 7.05 Å². The molecule has 96 valence electrons. The molecule has 1 aromatic heterocycles. The average Bonchev–Trinajstić information content (AvgIpc) is 2.97. The van der Waals surface area contributed by atoms with E-state index in [9.17, 15) is 9.82 Å². The molecule has 0 fully saturated rings. The highest BCUT2D eigenvalue weighted by molar-refractivity contribution is 6.61. The summed E-state index contributed by atoms with van der Waals surface area (Å²) in [6.07, 6.45) is 1.70. The van der Waals surface area contributed by atoms with Crippen LogP contribution in [0.3, 0.4) is 0 Å². The Morgan fingerprint density at radius 2 is 2.37 bits per heavy atom. The second-order valence-electron chi connectivity index (χ2n) is 4.41. The third kappa shape index (κ3) is 2.25. The van der Waals surface area contributed by atoms with Crippen LogP contribution in [0.15, 0.2) is 30.5 Å². The van der Waals surface area contributed by atoms with Gasteiger partial charge in [0.15, 0.2) is 5.69 Å². The summed E-state index contributed by atoms with van der Waals surface area (Å²) >= 11 is 0. The van der Waals surface area contributed by atoms with E-state index in [2.05, 4.69) is 10.4 Å². The molecule has 0 aliphatic carbocycles. The topological polar surface area (TPSA) is 76.4 Å². The molecule has 19 heavy (non-hydrogen) atoms. The summed E-state index contributed by atoms with van der Waals surface area (Å²) in [5.41, 5.74) is 2.58. The van der Waals surface area contributed by atoms with Crippen LogP contribution in [0.2, 0.25) is 0 Å². The first-order chi connectivity index (χ1) is 9.13. The van der Waals surface area contributed by atoms with Crippen LogP contribution in [0, 0.1) is 0 Å². The molecule has 0 unspecified atom stereocenters. The van der Waals surface area contributed by atoms with Gasteiger partial charge in [0, 0.05) is 18.9 Å². The van der Waals surface area contributed by atoms with Gasteiger partial charge in [-0.2, -0.15) is 5.10 Å². The molecular formula is C12H12BN3O3. The molecule has 6 nitrogen and oxygen atoms in total. The van der Waals surface area contributed by atoms with E-state index < -0.39 is 7.12 Å². The van der Waals surface area contributed by atoms with Gasteiger partial charge in [0.2, 0.25) is 0 Å². The molecule has 2 N–H and O–H groups in total. The molecule has 1 aliphatic heterocycles. The van der Waals surface area contributed by atoms with Crippen LogP contribution in [-0.2, 0) is 18.3 Å². The number of benzene rings is 1. The number of amides is 1. The van der Waals surface area contributed by atoms with E-state index in [1.165, 1.54) is 0 Å². The van der Waals surface area contributed by atoms with Crippen molar-refractivity contribution in [1.82, 2.24) is 9.78 Å². The van der Waals surface area contributed by atoms with Crippen LogP contribution < -0.4 is 10.8 Å². The number of fused-ring (bicyclic) bond motifs is 1. The zero-order valence-corrected chi connectivity index (χ0v) is 10.3. The first-order valence-electron chi connectivity index (χ1n) is 5.87. The zero-order chi connectivity index (χ0) is 13.4. The van der Waals surface area contributed by atoms with E-state index in [0.29, 0.717) is 23.5 Å². The fourth-order valence-corrected chi connectivity index (χ4v) is 2.02. The smallest absolute Gasteiger partial charge is 0.423 e. The SMILES string of the molecule is Cn1ccc(C(=O)Nc2ccc3c(c2)B(O)OC3)n1. The first-order valence-corrected chi connectivity index (χ1v) is 5.87. The highest BCUT2D eigenvalue weighted by Crippen LogP contribution is 2.15. The Morgan fingerprint density at radius 1 is 1.53 bits per heavy atom. The van der Waals surface area contributed by atoms with Crippen molar-refractivity contribution in [3.8, 4) is 0 Å². The standard InChI is InChI=1S/C12H12BN3O3/c1-16-5-4-11(15-16)12(17)14-9-3-2-8-7-19-13(18)10(8)6-9/h2-6,18H,7H2,1H3,(H,14,17).